The van der Waals surface area contributed by atoms with Gasteiger partial charge < -0.3 is 10.1 Å². The normalized spacial score (nSPS) is 10.2. The number of rotatable bonds is 4. The number of carbonyl (C=O) groups is 1. The summed E-state index contributed by atoms with van der Waals surface area (Å²) in [6, 6.07) is 13.6. The number of methoxy groups -OCH3 is 1. The molecule has 104 valence electrons. The second-order valence-electron chi connectivity index (χ2n) is 4.14. The maximum atomic E-state index is 11.8. The predicted molar refractivity (Wildman–Crippen MR) is 87.0 cm³/mol. The van der Waals surface area contributed by atoms with E-state index in [2.05, 4.69) is 37.2 Å². The van der Waals surface area contributed by atoms with Crippen molar-refractivity contribution in [3.05, 3.63) is 62.5 Å². The standard InChI is InChI=1S/C15H13Br2NO2/c1-20-15(19)12-7-11(16)8-13(17)14(12)18-9-10-5-3-2-4-6-10/h2-8,18H,9H2,1H3. The van der Waals surface area contributed by atoms with Gasteiger partial charge in [0.05, 0.1) is 18.4 Å². The largest absolute Gasteiger partial charge is 0.465 e. The molecule has 0 radical (unpaired) electrons. The van der Waals surface area contributed by atoms with E-state index >= 15 is 0 Å². The molecule has 0 aliphatic rings. The van der Waals surface area contributed by atoms with Crippen LogP contribution in [0.1, 0.15) is 15.9 Å². The summed E-state index contributed by atoms with van der Waals surface area (Å²) in [5, 5.41) is 3.27. The Labute approximate surface area is 134 Å². The van der Waals surface area contributed by atoms with E-state index in [1.807, 2.05) is 36.4 Å². The van der Waals surface area contributed by atoms with Crippen molar-refractivity contribution in [2.24, 2.45) is 0 Å². The first-order valence-electron chi connectivity index (χ1n) is 5.97. The van der Waals surface area contributed by atoms with Crippen molar-refractivity contribution in [1.82, 2.24) is 0 Å². The van der Waals surface area contributed by atoms with E-state index in [9.17, 15) is 4.79 Å². The van der Waals surface area contributed by atoms with Gasteiger partial charge >= 0.3 is 5.97 Å². The number of hydrogen-bond acceptors (Lipinski definition) is 3. The topological polar surface area (TPSA) is 38.3 Å². The Morgan fingerprint density at radius 1 is 1.20 bits per heavy atom. The van der Waals surface area contributed by atoms with Crippen LogP contribution in [0.5, 0.6) is 0 Å². The van der Waals surface area contributed by atoms with E-state index in [1.165, 1.54) is 7.11 Å². The number of anilines is 1. The Morgan fingerprint density at radius 3 is 2.55 bits per heavy atom. The Kier molecular flexibility index (Phi) is 5.20. The lowest BCUT2D eigenvalue weighted by molar-refractivity contribution is 0.0601. The zero-order valence-corrected chi connectivity index (χ0v) is 14.0. The summed E-state index contributed by atoms with van der Waals surface area (Å²) >= 11 is 6.84. The van der Waals surface area contributed by atoms with Crippen LogP contribution >= 0.6 is 31.9 Å². The molecule has 0 fully saturated rings. The van der Waals surface area contributed by atoms with Crippen LogP contribution in [-0.4, -0.2) is 13.1 Å². The fraction of sp³-hybridized carbons (Fsp3) is 0.133. The number of halogens is 2. The van der Waals surface area contributed by atoms with Crippen LogP contribution in [0.4, 0.5) is 5.69 Å². The molecule has 0 bridgehead atoms. The Morgan fingerprint density at radius 2 is 1.90 bits per heavy atom. The molecule has 0 amide bonds. The quantitative estimate of drug-likeness (QED) is 0.764. The van der Waals surface area contributed by atoms with Crippen LogP contribution in [0.25, 0.3) is 0 Å². The first-order valence-corrected chi connectivity index (χ1v) is 7.55. The first-order chi connectivity index (χ1) is 9.61. The maximum absolute atomic E-state index is 11.8. The number of nitrogens with one attached hydrogen (secondary N) is 1. The third-order valence-electron chi connectivity index (χ3n) is 2.77. The molecule has 2 rings (SSSR count). The molecule has 0 aliphatic heterocycles. The Hall–Kier alpha value is -1.33. The lowest BCUT2D eigenvalue weighted by Gasteiger charge is -2.13. The highest BCUT2D eigenvalue weighted by atomic mass is 79.9. The van der Waals surface area contributed by atoms with Gasteiger partial charge in [0.15, 0.2) is 0 Å². The van der Waals surface area contributed by atoms with Crippen LogP contribution in [0.15, 0.2) is 51.4 Å². The van der Waals surface area contributed by atoms with Gasteiger partial charge in [-0.05, 0) is 33.6 Å². The molecular weight excluding hydrogens is 386 g/mol. The van der Waals surface area contributed by atoms with E-state index in [0.717, 1.165) is 20.2 Å². The SMILES string of the molecule is COC(=O)c1cc(Br)cc(Br)c1NCc1ccccc1. The zero-order valence-electron chi connectivity index (χ0n) is 10.8. The highest BCUT2D eigenvalue weighted by Crippen LogP contribution is 2.31. The number of hydrogen-bond donors (Lipinski definition) is 1. The van der Waals surface area contributed by atoms with Gasteiger partial charge in [0, 0.05) is 15.5 Å². The van der Waals surface area contributed by atoms with Crippen molar-refractivity contribution in [2.75, 3.05) is 12.4 Å². The lowest BCUT2D eigenvalue weighted by Crippen LogP contribution is -2.09. The van der Waals surface area contributed by atoms with Crippen molar-refractivity contribution < 1.29 is 9.53 Å². The number of ether oxygens (including phenoxy) is 1. The van der Waals surface area contributed by atoms with Crippen molar-refractivity contribution in [1.29, 1.82) is 0 Å². The average molecular weight is 399 g/mol. The van der Waals surface area contributed by atoms with Crippen molar-refractivity contribution in [2.45, 2.75) is 6.54 Å². The van der Waals surface area contributed by atoms with Gasteiger partial charge in [-0.2, -0.15) is 0 Å². The fourth-order valence-electron chi connectivity index (χ4n) is 1.81. The second-order valence-corrected chi connectivity index (χ2v) is 5.91. The van der Waals surface area contributed by atoms with Crippen molar-refractivity contribution in [3.8, 4) is 0 Å². The molecule has 2 aromatic rings. The smallest absolute Gasteiger partial charge is 0.340 e. The van der Waals surface area contributed by atoms with Gasteiger partial charge in [-0.25, -0.2) is 4.79 Å². The van der Waals surface area contributed by atoms with Crippen LogP contribution in [0.3, 0.4) is 0 Å². The third kappa shape index (κ3) is 3.61. The molecule has 0 saturated carbocycles. The Bertz CT molecular complexity index is 615. The van der Waals surface area contributed by atoms with E-state index in [0.29, 0.717) is 12.1 Å². The summed E-state index contributed by atoms with van der Waals surface area (Å²) in [5.41, 5.74) is 2.35. The fourth-order valence-corrected chi connectivity index (χ4v) is 3.18. The number of benzene rings is 2. The molecule has 0 spiro atoms. The number of carbonyl (C=O) groups excluding carboxylic acids is 1. The van der Waals surface area contributed by atoms with Gasteiger partial charge in [0.1, 0.15) is 0 Å². The van der Waals surface area contributed by atoms with Gasteiger partial charge in [-0.3, -0.25) is 0 Å². The van der Waals surface area contributed by atoms with Gasteiger partial charge in [-0.15, -0.1) is 0 Å². The van der Waals surface area contributed by atoms with Crippen LogP contribution < -0.4 is 5.32 Å². The summed E-state index contributed by atoms with van der Waals surface area (Å²) in [7, 11) is 1.37. The summed E-state index contributed by atoms with van der Waals surface area (Å²) in [6.07, 6.45) is 0. The molecule has 0 saturated heterocycles. The number of esters is 1. The van der Waals surface area contributed by atoms with Crippen LogP contribution in [-0.2, 0) is 11.3 Å². The van der Waals surface area contributed by atoms with Crippen molar-refractivity contribution >= 4 is 43.5 Å². The zero-order chi connectivity index (χ0) is 14.5. The minimum Gasteiger partial charge on any atom is -0.465 e. The monoisotopic (exact) mass is 397 g/mol. The highest BCUT2D eigenvalue weighted by Gasteiger charge is 2.15. The van der Waals surface area contributed by atoms with E-state index < -0.39 is 0 Å². The average Bonchev–Trinajstić information content (AvgIpc) is 2.46. The summed E-state index contributed by atoms with van der Waals surface area (Å²) in [5.74, 6) is -0.373. The van der Waals surface area contributed by atoms with Crippen LogP contribution in [0, 0.1) is 0 Å². The lowest BCUT2D eigenvalue weighted by atomic mass is 10.1. The third-order valence-corrected chi connectivity index (χ3v) is 3.86. The van der Waals surface area contributed by atoms with E-state index in [-0.39, 0.29) is 5.97 Å². The molecule has 5 heteroatoms. The predicted octanol–water partition coefficient (Wildman–Crippen LogP) is 4.61. The maximum Gasteiger partial charge on any atom is 0.340 e. The molecule has 0 atom stereocenters. The molecule has 2 aromatic carbocycles. The summed E-state index contributed by atoms with van der Waals surface area (Å²) in [6.45, 7) is 0.630. The van der Waals surface area contributed by atoms with Crippen molar-refractivity contribution in [3.63, 3.8) is 0 Å². The van der Waals surface area contributed by atoms with Gasteiger partial charge in [0.2, 0.25) is 0 Å². The van der Waals surface area contributed by atoms with Crippen LogP contribution in [0.2, 0.25) is 0 Å². The summed E-state index contributed by atoms with van der Waals surface area (Å²) < 4.78 is 6.44. The molecular formula is C15H13Br2NO2. The van der Waals surface area contributed by atoms with Gasteiger partial charge in [-0.1, -0.05) is 46.3 Å². The van der Waals surface area contributed by atoms with E-state index in [4.69, 9.17) is 4.74 Å². The summed E-state index contributed by atoms with van der Waals surface area (Å²) in [4.78, 5) is 11.8. The molecule has 0 aromatic heterocycles. The minimum absolute atomic E-state index is 0.373. The second kappa shape index (κ2) is 6.90. The Balaban J connectivity index is 2.28. The molecule has 0 unspecified atom stereocenters. The van der Waals surface area contributed by atoms with E-state index in [1.54, 1.807) is 6.07 Å². The molecule has 20 heavy (non-hydrogen) atoms. The minimum atomic E-state index is -0.373. The highest BCUT2D eigenvalue weighted by molar-refractivity contribution is 9.11. The molecule has 0 heterocycles. The van der Waals surface area contributed by atoms with Gasteiger partial charge in [0.25, 0.3) is 0 Å². The molecule has 1 N–H and O–H groups in total. The molecule has 0 aliphatic carbocycles. The molecule has 3 nitrogen and oxygen atoms in total. The first kappa shape index (κ1) is 15.1.